The van der Waals surface area contributed by atoms with Crippen molar-refractivity contribution in [2.75, 3.05) is 50.7 Å². The third-order valence-corrected chi connectivity index (χ3v) is 4.58. The molecule has 0 spiro atoms. The van der Waals surface area contributed by atoms with E-state index in [0.717, 1.165) is 64.5 Å². The van der Waals surface area contributed by atoms with Gasteiger partial charge in [0.1, 0.15) is 6.54 Å². The van der Waals surface area contributed by atoms with Crippen LogP contribution in [-0.2, 0) is 4.79 Å². The number of carbonyl (C=O) groups excluding carboxylic acids is 1. The van der Waals surface area contributed by atoms with Gasteiger partial charge in [-0.3, -0.25) is 4.79 Å². The standard InChI is InChI=1S/C20H33N5O.HI/c1-3-21-20(23-17-19(26)25-14-8-9-15-25)22-13-10-16-24(4-2)18-11-6-5-7-12-18;/h5-7,11-12H,3-4,8-10,13-17H2,1-2H3,(H2,21,22,23);1H. The number of hydrogen-bond donors (Lipinski definition) is 2. The Bertz CT molecular complexity index is 561. The minimum Gasteiger partial charge on any atom is -0.372 e. The zero-order valence-corrected chi connectivity index (χ0v) is 18.9. The van der Waals surface area contributed by atoms with E-state index in [2.05, 4.69) is 51.7 Å². The second-order valence-electron chi connectivity index (χ2n) is 6.48. The molecular formula is C20H34IN5O. The van der Waals surface area contributed by atoms with Gasteiger partial charge in [-0.1, -0.05) is 18.2 Å². The highest BCUT2D eigenvalue weighted by Crippen LogP contribution is 2.12. The van der Waals surface area contributed by atoms with Gasteiger partial charge < -0.3 is 20.4 Å². The number of aliphatic imine (C=N–C) groups is 1. The van der Waals surface area contributed by atoms with Crippen molar-refractivity contribution in [3.8, 4) is 0 Å². The lowest BCUT2D eigenvalue weighted by Gasteiger charge is -2.23. The Balaban J connectivity index is 0.00000364. The Kier molecular flexibility index (Phi) is 11.9. The summed E-state index contributed by atoms with van der Waals surface area (Å²) in [6.07, 6.45) is 3.24. The van der Waals surface area contributed by atoms with E-state index in [1.165, 1.54) is 5.69 Å². The molecule has 1 aromatic carbocycles. The van der Waals surface area contributed by atoms with Crippen LogP contribution in [0.1, 0.15) is 33.1 Å². The molecule has 27 heavy (non-hydrogen) atoms. The predicted molar refractivity (Wildman–Crippen MR) is 124 cm³/mol. The number of nitrogens with zero attached hydrogens (tertiary/aromatic N) is 3. The minimum absolute atomic E-state index is 0. The quantitative estimate of drug-likeness (QED) is 0.244. The molecule has 1 aromatic rings. The first-order chi connectivity index (χ1) is 12.7. The first-order valence-electron chi connectivity index (χ1n) is 9.84. The second-order valence-corrected chi connectivity index (χ2v) is 6.48. The van der Waals surface area contributed by atoms with Crippen molar-refractivity contribution in [2.24, 2.45) is 4.99 Å². The van der Waals surface area contributed by atoms with Gasteiger partial charge in [-0.25, -0.2) is 4.99 Å². The van der Waals surface area contributed by atoms with Crippen LogP contribution in [0.3, 0.4) is 0 Å². The zero-order chi connectivity index (χ0) is 18.6. The highest BCUT2D eigenvalue weighted by Gasteiger charge is 2.17. The van der Waals surface area contributed by atoms with Gasteiger partial charge in [-0.05, 0) is 45.2 Å². The van der Waals surface area contributed by atoms with Crippen LogP contribution in [0.15, 0.2) is 35.3 Å². The van der Waals surface area contributed by atoms with Crippen molar-refractivity contribution in [3.63, 3.8) is 0 Å². The van der Waals surface area contributed by atoms with Crippen LogP contribution < -0.4 is 15.5 Å². The lowest BCUT2D eigenvalue weighted by Crippen LogP contribution is -2.40. The van der Waals surface area contributed by atoms with Gasteiger partial charge in [0.05, 0.1) is 0 Å². The number of likely N-dealkylation sites (tertiary alicyclic amines) is 1. The summed E-state index contributed by atoms with van der Waals surface area (Å²) in [7, 11) is 0. The summed E-state index contributed by atoms with van der Waals surface area (Å²) < 4.78 is 0. The molecule has 1 aliphatic heterocycles. The van der Waals surface area contributed by atoms with Crippen molar-refractivity contribution in [3.05, 3.63) is 30.3 Å². The van der Waals surface area contributed by atoms with Gasteiger partial charge in [-0.2, -0.15) is 0 Å². The van der Waals surface area contributed by atoms with E-state index in [1.807, 2.05) is 17.9 Å². The first kappa shape index (κ1) is 23.5. The Morgan fingerprint density at radius 1 is 1.15 bits per heavy atom. The maximum absolute atomic E-state index is 12.1. The van der Waals surface area contributed by atoms with E-state index in [-0.39, 0.29) is 36.4 Å². The van der Waals surface area contributed by atoms with E-state index in [4.69, 9.17) is 0 Å². The molecular weight excluding hydrogens is 453 g/mol. The number of halogens is 1. The van der Waals surface area contributed by atoms with Crippen LogP contribution in [0.25, 0.3) is 0 Å². The maximum atomic E-state index is 12.1. The molecule has 0 unspecified atom stereocenters. The van der Waals surface area contributed by atoms with E-state index >= 15 is 0 Å². The third-order valence-electron chi connectivity index (χ3n) is 4.58. The highest BCUT2D eigenvalue weighted by molar-refractivity contribution is 14.0. The maximum Gasteiger partial charge on any atom is 0.244 e. The van der Waals surface area contributed by atoms with Crippen molar-refractivity contribution in [1.29, 1.82) is 0 Å². The van der Waals surface area contributed by atoms with Gasteiger partial charge in [-0.15, -0.1) is 24.0 Å². The predicted octanol–water partition coefficient (Wildman–Crippen LogP) is 2.70. The smallest absolute Gasteiger partial charge is 0.244 e. The minimum atomic E-state index is 0. The van der Waals surface area contributed by atoms with E-state index < -0.39 is 0 Å². The molecule has 7 heteroatoms. The Hall–Kier alpha value is -1.51. The van der Waals surface area contributed by atoms with Gasteiger partial charge in [0.15, 0.2) is 5.96 Å². The van der Waals surface area contributed by atoms with Crippen molar-refractivity contribution in [2.45, 2.75) is 33.1 Å². The average molecular weight is 487 g/mol. The topological polar surface area (TPSA) is 60.0 Å². The summed E-state index contributed by atoms with van der Waals surface area (Å²) in [5, 5.41) is 6.56. The largest absolute Gasteiger partial charge is 0.372 e. The first-order valence-corrected chi connectivity index (χ1v) is 9.84. The molecule has 0 radical (unpaired) electrons. The van der Waals surface area contributed by atoms with Gasteiger partial charge in [0.25, 0.3) is 0 Å². The average Bonchev–Trinajstić information content (AvgIpc) is 3.21. The molecule has 0 aliphatic carbocycles. The third kappa shape index (κ3) is 8.36. The summed E-state index contributed by atoms with van der Waals surface area (Å²) >= 11 is 0. The highest BCUT2D eigenvalue weighted by atomic mass is 127. The normalized spacial score (nSPS) is 13.9. The van der Waals surface area contributed by atoms with Crippen molar-refractivity contribution >= 4 is 41.5 Å². The molecule has 1 fully saturated rings. The van der Waals surface area contributed by atoms with Crippen LogP contribution in [0.5, 0.6) is 0 Å². The fraction of sp³-hybridized carbons (Fsp3) is 0.600. The molecule has 1 saturated heterocycles. The van der Waals surface area contributed by atoms with Crippen LogP contribution in [-0.4, -0.2) is 62.6 Å². The molecule has 0 aromatic heterocycles. The molecule has 6 nitrogen and oxygen atoms in total. The summed E-state index contributed by atoms with van der Waals surface area (Å²) in [6.45, 7) is 9.78. The Morgan fingerprint density at radius 3 is 2.48 bits per heavy atom. The molecule has 2 N–H and O–H groups in total. The lowest BCUT2D eigenvalue weighted by atomic mass is 10.2. The number of guanidine groups is 1. The lowest BCUT2D eigenvalue weighted by molar-refractivity contribution is -0.128. The molecule has 1 amide bonds. The molecule has 1 heterocycles. The van der Waals surface area contributed by atoms with E-state index in [1.54, 1.807) is 0 Å². The number of benzene rings is 1. The van der Waals surface area contributed by atoms with Gasteiger partial charge in [0, 0.05) is 45.0 Å². The van der Waals surface area contributed by atoms with E-state index in [9.17, 15) is 4.79 Å². The number of amides is 1. The number of para-hydroxylation sites is 1. The van der Waals surface area contributed by atoms with E-state index in [0.29, 0.717) is 0 Å². The van der Waals surface area contributed by atoms with Crippen LogP contribution >= 0.6 is 24.0 Å². The number of carbonyl (C=O) groups is 1. The molecule has 152 valence electrons. The SMILES string of the molecule is CCNC(=NCC(=O)N1CCCC1)NCCCN(CC)c1ccccc1.I. The fourth-order valence-electron chi connectivity index (χ4n) is 3.14. The van der Waals surface area contributed by atoms with Gasteiger partial charge in [0.2, 0.25) is 5.91 Å². The monoisotopic (exact) mass is 487 g/mol. The number of anilines is 1. The molecule has 0 bridgehead atoms. The van der Waals surface area contributed by atoms with Gasteiger partial charge >= 0.3 is 0 Å². The van der Waals surface area contributed by atoms with Crippen LogP contribution in [0.4, 0.5) is 5.69 Å². The molecule has 0 atom stereocenters. The van der Waals surface area contributed by atoms with Crippen LogP contribution in [0.2, 0.25) is 0 Å². The molecule has 1 aliphatic rings. The second kappa shape index (κ2) is 13.6. The fourth-order valence-corrected chi connectivity index (χ4v) is 3.14. The molecule has 0 saturated carbocycles. The number of rotatable bonds is 9. The Labute approximate surface area is 180 Å². The summed E-state index contributed by atoms with van der Waals surface area (Å²) in [6, 6.07) is 10.5. The Morgan fingerprint density at radius 2 is 1.85 bits per heavy atom. The zero-order valence-electron chi connectivity index (χ0n) is 16.6. The summed E-state index contributed by atoms with van der Waals surface area (Å²) in [5.41, 5.74) is 1.26. The van der Waals surface area contributed by atoms with Crippen LogP contribution in [0, 0.1) is 0 Å². The number of hydrogen-bond acceptors (Lipinski definition) is 3. The summed E-state index contributed by atoms with van der Waals surface area (Å²) in [4.78, 5) is 20.8. The molecule has 2 rings (SSSR count). The number of nitrogens with one attached hydrogen (secondary N) is 2. The van der Waals surface area contributed by atoms with Crippen molar-refractivity contribution in [1.82, 2.24) is 15.5 Å². The van der Waals surface area contributed by atoms with Crippen molar-refractivity contribution < 1.29 is 4.79 Å². The summed E-state index contributed by atoms with van der Waals surface area (Å²) in [5.74, 6) is 0.851.